The Morgan fingerprint density at radius 3 is 2.48 bits per heavy atom. The molecule has 2 nitrogen and oxygen atoms in total. The first kappa shape index (κ1) is 16.0. The summed E-state index contributed by atoms with van der Waals surface area (Å²) in [6.07, 6.45) is 0.936. The minimum absolute atomic E-state index is 0.0832. The predicted octanol–water partition coefficient (Wildman–Crippen LogP) is 4.17. The highest BCUT2D eigenvalue weighted by Crippen LogP contribution is 2.20. The second-order valence-corrected chi connectivity index (χ2v) is 5.99. The van der Waals surface area contributed by atoms with E-state index in [1.165, 1.54) is 11.1 Å². The molecule has 0 bridgehead atoms. The Hall–Kier alpha value is -1.35. The van der Waals surface area contributed by atoms with E-state index in [4.69, 9.17) is 17.3 Å². The summed E-state index contributed by atoms with van der Waals surface area (Å²) in [6, 6.07) is 16.4. The van der Waals surface area contributed by atoms with Gasteiger partial charge in [0.1, 0.15) is 0 Å². The minimum Gasteiger partial charge on any atom is -0.324 e. The molecule has 0 saturated carbocycles. The molecule has 0 saturated heterocycles. The molecule has 21 heavy (non-hydrogen) atoms. The Bertz CT molecular complexity index is 583. The SMILES string of the molecule is Cc1ccccc1C(N)CCN(C)Cc1ccccc1Cl. The van der Waals surface area contributed by atoms with Gasteiger partial charge in [0, 0.05) is 17.6 Å². The first-order valence-electron chi connectivity index (χ1n) is 7.31. The fourth-order valence-corrected chi connectivity index (χ4v) is 2.71. The van der Waals surface area contributed by atoms with Crippen LogP contribution in [0.1, 0.15) is 29.2 Å². The van der Waals surface area contributed by atoms with Crippen LogP contribution in [0.25, 0.3) is 0 Å². The highest BCUT2D eigenvalue weighted by Gasteiger charge is 2.10. The quantitative estimate of drug-likeness (QED) is 0.868. The third-order valence-corrected chi connectivity index (χ3v) is 4.18. The van der Waals surface area contributed by atoms with E-state index in [-0.39, 0.29) is 6.04 Å². The highest BCUT2D eigenvalue weighted by molar-refractivity contribution is 6.31. The van der Waals surface area contributed by atoms with Crippen LogP contribution in [-0.4, -0.2) is 18.5 Å². The largest absolute Gasteiger partial charge is 0.324 e. The van der Waals surface area contributed by atoms with Gasteiger partial charge in [-0.2, -0.15) is 0 Å². The lowest BCUT2D eigenvalue weighted by Gasteiger charge is -2.21. The van der Waals surface area contributed by atoms with E-state index in [2.05, 4.69) is 49.2 Å². The van der Waals surface area contributed by atoms with E-state index < -0.39 is 0 Å². The molecule has 1 atom stereocenters. The van der Waals surface area contributed by atoms with Crippen LogP contribution in [0.3, 0.4) is 0 Å². The molecular weight excluding hydrogens is 280 g/mol. The first-order chi connectivity index (χ1) is 10.1. The summed E-state index contributed by atoms with van der Waals surface area (Å²) in [6.45, 7) is 3.91. The standard InChI is InChI=1S/C18H23ClN2/c1-14-7-3-5-9-16(14)18(20)11-12-21(2)13-15-8-4-6-10-17(15)19/h3-10,18H,11-13,20H2,1-2H3. The van der Waals surface area contributed by atoms with Gasteiger partial charge in [-0.25, -0.2) is 0 Å². The molecule has 2 aromatic carbocycles. The maximum atomic E-state index is 6.31. The lowest BCUT2D eigenvalue weighted by molar-refractivity contribution is 0.311. The van der Waals surface area contributed by atoms with Crippen molar-refractivity contribution in [2.45, 2.75) is 25.9 Å². The van der Waals surface area contributed by atoms with Crippen molar-refractivity contribution in [1.29, 1.82) is 0 Å². The fraction of sp³-hybridized carbons (Fsp3) is 0.333. The zero-order chi connectivity index (χ0) is 15.2. The normalized spacial score (nSPS) is 12.6. The van der Waals surface area contributed by atoms with E-state index in [0.29, 0.717) is 0 Å². The van der Waals surface area contributed by atoms with Gasteiger partial charge in [-0.3, -0.25) is 0 Å². The van der Waals surface area contributed by atoms with Crippen molar-refractivity contribution in [3.8, 4) is 0 Å². The zero-order valence-electron chi connectivity index (χ0n) is 12.7. The number of benzene rings is 2. The number of rotatable bonds is 6. The van der Waals surface area contributed by atoms with E-state index in [9.17, 15) is 0 Å². The molecule has 112 valence electrons. The number of nitrogens with two attached hydrogens (primary N) is 1. The monoisotopic (exact) mass is 302 g/mol. The molecule has 0 amide bonds. The van der Waals surface area contributed by atoms with Crippen LogP contribution in [-0.2, 0) is 6.54 Å². The van der Waals surface area contributed by atoms with Gasteiger partial charge < -0.3 is 10.6 Å². The second-order valence-electron chi connectivity index (χ2n) is 5.58. The Kier molecular flexibility index (Phi) is 5.80. The highest BCUT2D eigenvalue weighted by atomic mass is 35.5. The van der Waals surface area contributed by atoms with Crippen LogP contribution in [0, 0.1) is 6.92 Å². The van der Waals surface area contributed by atoms with Gasteiger partial charge in [0.05, 0.1) is 0 Å². The molecule has 0 radical (unpaired) electrons. The van der Waals surface area contributed by atoms with E-state index in [1.807, 2.05) is 18.2 Å². The summed E-state index contributed by atoms with van der Waals surface area (Å²) in [5.74, 6) is 0. The van der Waals surface area contributed by atoms with Gasteiger partial charge >= 0.3 is 0 Å². The molecule has 0 aliphatic heterocycles. The van der Waals surface area contributed by atoms with Gasteiger partial charge in [0.15, 0.2) is 0 Å². The van der Waals surface area contributed by atoms with Crippen molar-refractivity contribution < 1.29 is 0 Å². The maximum Gasteiger partial charge on any atom is 0.0451 e. The van der Waals surface area contributed by atoms with Crippen molar-refractivity contribution >= 4 is 11.6 Å². The van der Waals surface area contributed by atoms with Crippen molar-refractivity contribution in [2.75, 3.05) is 13.6 Å². The summed E-state index contributed by atoms with van der Waals surface area (Å²) in [4.78, 5) is 2.26. The smallest absolute Gasteiger partial charge is 0.0451 e. The summed E-state index contributed by atoms with van der Waals surface area (Å²) < 4.78 is 0. The molecule has 0 aliphatic carbocycles. The minimum atomic E-state index is 0.0832. The van der Waals surface area contributed by atoms with Gasteiger partial charge in [0.25, 0.3) is 0 Å². The topological polar surface area (TPSA) is 29.3 Å². The van der Waals surface area contributed by atoms with Crippen LogP contribution in [0.2, 0.25) is 5.02 Å². The Balaban J connectivity index is 1.88. The summed E-state index contributed by atoms with van der Waals surface area (Å²) in [7, 11) is 2.11. The Morgan fingerprint density at radius 1 is 1.10 bits per heavy atom. The third kappa shape index (κ3) is 4.57. The van der Waals surface area contributed by atoms with Crippen LogP contribution in [0.5, 0.6) is 0 Å². The Morgan fingerprint density at radius 2 is 1.76 bits per heavy atom. The number of halogens is 1. The first-order valence-corrected chi connectivity index (χ1v) is 7.69. The average Bonchev–Trinajstić information content (AvgIpc) is 2.48. The maximum absolute atomic E-state index is 6.31. The number of nitrogens with zero attached hydrogens (tertiary/aromatic N) is 1. The summed E-state index contributed by atoms with van der Waals surface area (Å²) >= 11 is 6.20. The van der Waals surface area contributed by atoms with Crippen LogP contribution >= 0.6 is 11.6 Å². The summed E-state index contributed by atoms with van der Waals surface area (Å²) in [5, 5.41) is 0.826. The molecule has 1 unspecified atom stereocenters. The van der Waals surface area contributed by atoms with Crippen LogP contribution in [0.4, 0.5) is 0 Å². The second kappa shape index (κ2) is 7.60. The van der Waals surface area contributed by atoms with Gasteiger partial charge in [-0.05, 0) is 49.7 Å². The third-order valence-electron chi connectivity index (χ3n) is 3.81. The molecule has 2 rings (SSSR count). The van der Waals surface area contributed by atoms with Crippen LogP contribution < -0.4 is 5.73 Å². The molecule has 0 fully saturated rings. The molecule has 0 spiro atoms. The van der Waals surface area contributed by atoms with Gasteiger partial charge in [0.2, 0.25) is 0 Å². The van der Waals surface area contributed by atoms with E-state index in [1.54, 1.807) is 0 Å². The van der Waals surface area contributed by atoms with Crippen molar-refractivity contribution in [3.05, 3.63) is 70.2 Å². The molecule has 0 heterocycles. The lowest BCUT2D eigenvalue weighted by atomic mass is 9.99. The molecular formula is C18H23ClN2. The van der Waals surface area contributed by atoms with Gasteiger partial charge in [-0.1, -0.05) is 54.1 Å². The van der Waals surface area contributed by atoms with Crippen molar-refractivity contribution in [3.63, 3.8) is 0 Å². The zero-order valence-corrected chi connectivity index (χ0v) is 13.5. The number of hydrogen-bond acceptors (Lipinski definition) is 2. The molecule has 3 heteroatoms. The predicted molar refractivity (Wildman–Crippen MR) is 90.5 cm³/mol. The van der Waals surface area contributed by atoms with E-state index >= 15 is 0 Å². The van der Waals surface area contributed by atoms with E-state index in [0.717, 1.165) is 30.1 Å². The van der Waals surface area contributed by atoms with Crippen molar-refractivity contribution in [1.82, 2.24) is 4.90 Å². The number of hydrogen-bond donors (Lipinski definition) is 1. The molecule has 2 N–H and O–H groups in total. The van der Waals surface area contributed by atoms with Gasteiger partial charge in [-0.15, -0.1) is 0 Å². The number of aryl methyl sites for hydroxylation is 1. The molecule has 0 aliphatic rings. The van der Waals surface area contributed by atoms with Crippen LogP contribution in [0.15, 0.2) is 48.5 Å². The fourth-order valence-electron chi connectivity index (χ4n) is 2.51. The Labute approximate surface area is 132 Å². The molecule has 2 aromatic rings. The average molecular weight is 303 g/mol. The summed E-state index contributed by atoms with van der Waals surface area (Å²) in [5.41, 5.74) is 9.98. The van der Waals surface area contributed by atoms with Crippen molar-refractivity contribution in [2.24, 2.45) is 5.73 Å². The molecule has 0 aromatic heterocycles. The lowest BCUT2D eigenvalue weighted by Crippen LogP contribution is -2.24.